The predicted molar refractivity (Wildman–Crippen MR) is 75.7 cm³/mol. The van der Waals surface area contributed by atoms with Gasteiger partial charge in [0.15, 0.2) is 0 Å². The number of hydrogen-bond acceptors (Lipinski definition) is 3. The first-order valence-electron chi connectivity index (χ1n) is 5.89. The van der Waals surface area contributed by atoms with Gasteiger partial charge in [0.05, 0.1) is 22.7 Å². The minimum Gasteiger partial charge on any atom is -0.381 e. The van der Waals surface area contributed by atoms with E-state index in [1.165, 1.54) is 12.8 Å². The van der Waals surface area contributed by atoms with E-state index in [1.807, 2.05) is 0 Å². The van der Waals surface area contributed by atoms with Crippen LogP contribution in [0.4, 0.5) is 11.4 Å². The standard InChI is InChI=1S/C12H17ClN2O2S/c1-8(9-3-4-9)14-12-7-10(5-6-11(12)13)15-18(2,16)17/h5-9,14-15H,3-4H2,1-2H3. The van der Waals surface area contributed by atoms with Crippen molar-refractivity contribution in [2.45, 2.75) is 25.8 Å². The van der Waals surface area contributed by atoms with E-state index < -0.39 is 10.0 Å². The molecule has 0 aliphatic heterocycles. The number of hydrogen-bond donors (Lipinski definition) is 2. The highest BCUT2D eigenvalue weighted by atomic mass is 35.5. The highest BCUT2D eigenvalue weighted by Gasteiger charge is 2.28. The van der Waals surface area contributed by atoms with Gasteiger partial charge in [-0.15, -0.1) is 0 Å². The van der Waals surface area contributed by atoms with E-state index >= 15 is 0 Å². The summed E-state index contributed by atoms with van der Waals surface area (Å²) in [4.78, 5) is 0. The van der Waals surface area contributed by atoms with Crippen LogP contribution in [0.25, 0.3) is 0 Å². The van der Waals surface area contributed by atoms with Gasteiger partial charge >= 0.3 is 0 Å². The SMILES string of the molecule is CC(Nc1cc(NS(C)(=O)=O)ccc1Cl)C1CC1. The lowest BCUT2D eigenvalue weighted by Crippen LogP contribution is -2.18. The molecule has 1 saturated carbocycles. The van der Waals surface area contributed by atoms with Gasteiger partial charge in [-0.05, 0) is 43.9 Å². The molecule has 0 heterocycles. The molecule has 1 aliphatic carbocycles. The smallest absolute Gasteiger partial charge is 0.229 e. The first-order valence-corrected chi connectivity index (χ1v) is 8.16. The van der Waals surface area contributed by atoms with Crippen LogP contribution < -0.4 is 10.0 Å². The fourth-order valence-electron chi connectivity index (χ4n) is 1.87. The molecule has 1 aromatic rings. The van der Waals surface area contributed by atoms with Gasteiger partial charge in [-0.25, -0.2) is 8.42 Å². The predicted octanol–water partition coefficient (Wildman–Crippen LogP) is 2.92. The van der Waals surface area contributed by atoms with Crippen molar-refractivity contribution in [1.82, 2.24) is 0 Å². The Labute approximate surface area is 113 Å². The van der Waals surface area contributed by atoms with Crippen LogP contribution in [0.3, 0.4) is 0 Å². The van der Waals surface area contributed by atoms with E-state index in [9.17, 15) is 8.42 Å². The molecule has 0 spiro atoms. The first-order chi connectivity index (χ1) is 8.35. The summed E-state index contributed by atoms with van der Waals surface area (Å²) in [6, 6.07) is 5.42. The van der Waals surface area contributed by atoms with E-state index in [1.54, 1.807) is 18.2 Å². The van der Waals surface area contributed by atoms with Crippen LogP contribution >= 0.6 is 11.6 Å². The topological polar surface area (TPSA) is 58.2 Å². The second kappa shape index (κ2) is 4.97. The lowest BCUT2D eigenvalue weighted by molar-refractivity contribution is 0.607. The molecule has 1 atom stereocenters. The second-order valence-electron chi connectivity index (χ2n) is 4.84. The van der Waals surface area contributed by atoms with Crippen LogP contribution in [0.2, 0.25) is 5.02 Å². The Morgan fingerprint density at radius 3 is 2.61 bits per heavy atom. The average Bonchev–Trinajstić information content (AvgIpc) is 3.04. The first kappa shape index (κ1) is 13.5. The molecule has 0 bridgehead atoms. The van der Waals surface area contributed by atoms with Crippen LogP contribution in [0.15, 0.2) is 18.2 Å². The largest absolute Gasteiger partial charge is 0.381 e. The normalized spacial score (nSPS) is 17.3. The fraction of sp³-hybridized carbons (Fsp3) is 0.500. The average molecular weight is 289 g/mol. The van der Waals surface area contributed by atoms with Gasteiger partial charge < -0.3 is 5.32 Å². The van der Waals surface area contributed by atoms with Crippen molar-refractivity contribution in [3.05, 3.63) is 23.2 Å². The quantitative estimate of drug-likeness (QED) is 0.876. The molecule has 0 amide bonds. The number of nitrogens with one attached hydrogen (secondary N) is 2. The summed E-state index contributed by atoms with van der Waals surface area (Å²) >= 11 is 6.10. The summed E-state index contributed by atoms with van der Waals surface area (Å²) < 4.78 is 24.8. The molecule has 1 unspecified atom stereocenters. The summed E-state index contributed by atoms with van der Waals surface area (Å²) in [5.41, 5.74) is 1.29. The van der Waals surface area contributed by atoms with E-state index in [0.717, 1.165) is 11.9 Å². The molecule has 0 radical (unpaired) electrons. The molecular formula is C12H17ClN2O2S. The zero-order valence-electron chi connectivity index (χ0n) is 10.4. The second-order valence-corrected chi connectivity index (χ2v) is 6.99. The molecule has 6 heteroatoms. The third-order valence-electron chi connectivity index (χ3n) is 2.98. The summed E-state index contributed by atoms with van der Waals surface area (Å²) in [5.74, 6) is 0.701. The molecule has 18 heavy (non-hydrogen) atoms. The minimum absolute atomic E-state index is 0.357. The maximum atomic E-state index is 11.2. The molecule has 4 nitrogen and oxygen atoms in total. The highest BCUT2D eigenvalue weighted by molar-refractivity contribution is 7.92. The van der Waals surface area contributed by atoms with E-state index in [4.69, 9.17) is 11.6 Å². The van der Waals surface area contributed by atoms with E-state index in [0.29, 0.717) is 22.7 Å². The Hall–Kier alpha value is -0.940. The molecule has 2 rings (SSSR count). The Morgan fingerprint density at radius 2 is 2.06 bits per heavy atom. The molecular weight excluding hydrogens is 272 g/mol. The number of sulfonamides is 1. The summed E-state index contributed by atoms with van der Waals surface area (Å²) in [7, 11) is -3.26. The summed E-state index contributed by atoms with van der Waals surface area (Å²) in [6.45, 7) is 2.12. The molecule has 0 aromatic heterocycles. The van der Waals surface area contributed by atoms with Crippen molar-refractivity contribution >= 4 is 33.0 Å². The van der Waals surface area contributed by atoms with Gasteiger partial charge in [0, 0.05) is 6.04 Å². The molecule has 100 valence electrons. The van der Waals surface area contributed by atoms with Crippen LogP contribution in [0.1, 0.15) is 19.8 Å². The Morgan fingerprint density at radius 1 is 1.39 bits per heavy atom. The fourth-order valence-corrected chi connectivity index (χ4v) is 2.60. The van der Waals surface area contributed by atoms with Gasteiger partial charge in [-0.2, -0.15) is 0 Å². The van der Waals surface area contributed by atoms with Crippen molar-refractivity contribution < 1.29 is 8.42 Å². The van der Waals surface area contributed by atoms with Gasteiger partial charge in [0.1, 0.15) is 0 Å². The summed E-state index contributed by atoms with van der Waals surface area (Å²) in [6.07, 6.45) is 3.61. The van der Waals surface area contributed by atoms with Crippen molar-refractivity contribution in [1.29, 1.82) is 0 Å². The molecule has 1 aromatic carbocycles. The van der Waals surface area contributed by atoms with Crippen molar-refractivity contribution in [3.8, 4) is 0 Å². The van der Waals surface area contributed by atoms with Gasteiger partial charge in [-0.1, -0.05) is 11.6 Å². The van der Waals surface area contributed by atoms with Crippen LogP contribution in [0, 0.1) is 5.92 Å². The Balaban J connectivity index is 2.15. The zero-order valence-corrected chi connectivity index (χ0v) is 12.0. The highest BCUT2D eigenvalue weighted by Crippen LogP contribution is 2.35. The van der Waals surface area contributed by atoms with Crippen LogP contribution in [-0.2, 0) is 10.0 Å². The summed E-state index contributed by atoms with van der Waals surface area (Å²) in [5, 5.41) is 3.93. The maximum Gasteiger partial charge on any atom is 0.229 e. The maximum absolute atomic E-state index is 11.2. The number of anilines is 2. The molecule has 2 N–H and O–H groups in total. The molecule has 1 fully saturated rings. The van der Waals surface area contributed by atoms with Gasteiger partial charge in [0.25, 0.3) is 0 Å². The zero-order chi connectivity index (χ0) is 13.3. The third-order valence-corrected chi connectivity index (χ3v) is 3.92. The monoisotopic (exact) mass is 288 g/mol. The van der Waals surface area contributed by atoms with Gasteiger partial charge in [0.2, 0.25) is 10.0 Å². The van der Waals surface area contributed by atoms with Crippen molar-refractivity contribution in [3.63, 3.8) is 0 Å². The van der Waals surface area contributed by atoms with Gasteiger partial charge in [-0.3, -0.25) is 4.72 Å². The lowest BCUT2D eigenvalue weighted by atomic mass is 10.2. The van der Waals surface area contributed by atoms with E-state index in [-0.39, 0.29) is 0 Å². The molecule has 0 saturated heterocycles. The number of halogens is 1. The van der Waals surface area contributed by atoms with Crippen molar-refractivity contribution in [2.75, 3.05) is 16.3 Å². The minimum atomic E-state index is -3.26. The Bertz CT molecular complexity index is 541. The number of rotatable bonds is 5. The van der Waals surface area contributed by atoms with Crippen molar-refractivity contribution in [2.24, 2.45) is 5.92 Å². The van der Waals surface area contributed by atoms with E-state index in [2.05, 4.69) is 17.0 Å². The van der Waals surface area contributed by atoms with Crippen LogP contribution in [0.5, 0.6) is 0 Å². The van der Waals surface area contributed by atoms with Crippen LogP contribution in [-0.4, -0.2) is 20.7 Å². The lowest BCUT2D eigenvalue weighted by Gasteiger charge is -2.16. The molecule has 1 aliphatic rings. The third kappa shape index (κ3) is 3.78. The number of benzene rings is 1. The Kier molecular flexibility index (Phi) is 3.73.